The van der Waals surface area contributed by atoms with Gasteiger partial charge in [0.1, 0.15) is 6.54 Å². The van der Waals surface area contributed by atoms with Crippen LogP contribution in [0.15, 0.2) is 16.9 Å². The van der Waals surface area contributed by atoms with Gasteiger partial charge in [-0.25, -0.2) is 4.98 Å². The van der Waals surface area contributed by atoms with E-state index in [-0.39, 0.29) is 17.5 Å². The molecule has 0 radical (unpaired) electrons. The Kier molecular flexibility index (Phi) is 7.80. The van der Waals surface area contributed by atoms with Gasteiger partial charge < -0.3 is 24.7 Å². The number of likely N-dealkylation sites (N-methyl/N-ethyl adjacent to an activating group) is 1. The van der Waals surface area contributed by atoms with Crippen molar-refractivity contribution >= 4 is 16.8 Å². The molecule has 0 bridgehead atoms. The molecule has 2 rings (SSSR count). The van der Waals surface area contributed by atoms with E-state index >= 15 is 0 Å². The monoisotopic (exact) mass is 391 g/mol. The maximum Gasteiger partial charge on any atom is 0.275 e. The molecule has 28 heavy (non-hydrogen) atoms. The average Bonchev–Trinajstić information content (AvgIpc) is 2.66. The molecule has 1 unspecified atom stereocenters. The number of nitrogens with one attached hydrogen (secondary N) is 3. The number of methoxy groups -OCH3 is 2. The summed E-state index contributed by atoms with van der Waals surface area (Å²) in [7, 11) is 3.06. The largest absolute Gasteiger partial charge is 0.493 e. The van der Waals surface area contributed by atoms with Crippen molar-refractivity contribution in [2.24, 2.45) is 0 Å². The molecule has 0 fully saturated rings. The van der Waals surface area contributed by atoms with Crippen LogP contribution >= 0.6 is 0 Å². The number of carbonyl (C=O) groups excluding carboxylic acids is 1. The molecule has 0 aliphatic rings. The molecule has 1 aromatic carbocycles. The number of hydrogen-bond acceptors (Lipinski definition) is 5. The lowest BCUT2D eigenvalue weighted by atomic mass is 10.2. The van der Waals surface area contributed by atoms with E-state index in [2.05, 4.69) is 22.2 Å². The molecule has 154 valence electrons. The Hall–Kier alpha value is -2.61. The highest BCUT2D eigenvalue weighted by Crippen LogP contribution is 2.29. The molecule has 0 aliphatic heterocycles. The summed E-state index contributed by atoms with van der Waals surface area (Å²) in [5, 5.41) is 3.45. The van der Waals surface area contributed by atoms with E-state index in [1.165, 1.54) is 7.11 Å². The number of rotatable bonds is 10. The van der Waals surface area contributed by atoms with Crippen molar-refractivity contribution in [3.8, 4) is 11.5 Å². The molecular weight excluding hydrogens is 360 g/mol. The molecule has 8 nitrogen and oxygen atoms in total. The first-order valence-electron chi connectivity index (χ1n) is 9.69. The third-order valence-electron chi connectivity index (χ3n) is 4.72. The number of hydrogen-bond donors (Lipinski definition) is 3. The van der Waals surface area contributed by atoms with Crippen LogP contribution in [0.5, 0.6) is 11.5 Å². The number of quaternary nitrogens is 1. The van der Waals surface area contributed by atoms with Gasteiger partial charge in [-0.1, -0.05) is 13.3 Å². The van der Waals surface area contributed by atoms with Crippen molar-refractivity contribution in [3.05, 3.63) is 28.3 Å². The van der Waals surface area contributed by atoms with Crippen LogP contribution in [-0.4, -0.2) is 49.2 Å². The summed E-state index contributed by atoms with van der Waals surface area (Å²) in [5.74, 6) is 1.54. The highest BCUT2D eigenvalue weighted by Gasteiger charge is 2.17. The predicted octanol–water partition coefficient (Wildman–Crippen LogP) is 0.650. The van der Waals surface area contributed by atoms with E-state index < -0.39 is 0 Å². The highest BCUT2D eigenvalue weighted by atomic mass is 16.5. The first kappa shape index (κ1) is 21.7. The smallest absolute Gasteiger partial charge is 0.275 e. The fraction of sp³-hybridized carbons (Fsp3) is 0.550. The minimum atomic E-state index is -0.238. The van der Waals surface area contributed by atoms with Gasteiger partial charge >= 0.3 is 0 Å². The molecule has 1 amide bonds. The maximum atomic E-state index is 12.5. The van der Waals surface area contributed by atoms with Gasteiger partial charge in [0.2, 0.25) is 0 Å². The average molecular weight is 391 g/mol. The minimum absolute atomic E-state index is 0.00680. The van der Waals surface area contributed by atoms with Gasteiger partial charge in [-0.05, 0) is 26.3 Å². The Bertz CT molecular complexity index is 865. The molecule has 8 heteroatoms. The molecule has 3 N–H and O–H groups in total. The Morgan fingerprint density at radius 3 is 2.54 bits per heavy atom. The van der Waals surface area contributed by atoms with Gasteiger partial charge in [-0.15, -0.1) is 0 Å². The SMILES string of the molecule is CCC[C@@H](C)NC(=O)C[NH+](CC)Cc1nc2cc(OC)c(OC)cc2c(=O)[nH]1. The zero-order chi connectivity index (χ0) is 20.7. The zero-order valence-corrected chi connectivity index (χ0v) is 17.3. The Morgan fingerprint density at radius 2 is 1.93 bits per heavy atom. The fourth-order valence-corrected chi connectivity index (χ4v) is 3.21. The van der Waals surface area contributed by atoms with E-state index in [0.717, 1.165) is 24.3 Å². The van der Waals surface area contributed by atoms with Gasteiger partial charge in [-0.3, -0.25) is 9.59 Å². The first-order valence-corrected chi connectivity index (χ1v) is 9.69. The molecule has 0 saturated carbocycles. The molecule has 1 heterocycles. The van der Waals surface area contributed by atoms with E-state index in [0.29, 0.717) is 41.3 Å². The van der Waals surface area contributed by atoms with Crippen LogP contribution in [0.25, 0.3) is 10.9 Å². The van der Waals surface area contributed by atoms with Gasteiger partial charge in [0.05, 0.1) is 31.7 Å². The summed E-state index contributed by atoms with van der Waals surface area (Å²) in [5.41, 5.74) is 0.297. The summed E-state index contributed by atoms with van der Waals surface area (Å²) < 4.78 is 10.6. The summed E-state index contributed by atoms with van der Waals surface area (Å²) in [6.45, 7) is 7.63. The van der Waals surface area contributed by atoms with Crippen molar-refractivity contribution in [3.63, 3.8) is 0 Å². The van der Waals surface area contributed by atoms with Gasteiger partial charge in [-0.2, -0.15) is 0 Å². The van der Waals surface area contributed by atoms with Crippen LogP contribution in [0, 0.1) is 0 Å². The Balaban J connectivity index is 2.19. The van der Waals surface area contributed by atoms with Crippen LogP contribution in [0.1, 0.15) is 39.4 Å². The molecule has 2 aromatic rings. The summed E-state index contributed by atoms with van der Waals surface area (Å²) in [6.07, 6.45) is 1.99. The van der Waals surface area contributed by atoms with Gasteiger partial charge in [0.15, 0.2) is 23.9 Å². The number of aromatic amines is 1. The Labute approximate surface area is 165 Å². The number of nitrogens with zero attached hydrogens (tertiary/aromatic N) is 1. The van der Waals surface area contributed by atoms with Crippen molar-refractivity contribution in [2.45, 2.75) is 46.2 Å². The van der Waals surface area contributed by atoms with Crippen molar-refractivity contribution < 1.29 is 19.2 Å². The second-order valence-electron chi connectivity index (χ2n) is 6.95. The first-order chi connectivity index (χ1) is 13.4. The van der Waals surface area contributed by atoms with E-state index in [1.54, 1.807) is 19.2 Å². The predicted molar refractivity (Wildman–Crippen MR) is 108 cm³/mol. The Morgan fingerprint density at radius 1 is 1.25 bits per heavy atom. The molecule has 0 spiro atoms. The normalized spacial score (nSPS) is 13.2. The topological polar surface area (TPSA) is 97.8 Å². The lowest BCUT2D eigenvalue weighted by Crippen LogP contribution is -3.11. The van der Waals surface area contributed by atoms with Crippen LogP contribution in [0.3, 0.4) is 0 Å². The fourth-order valence-electron chi connectivity index (χ4n) is 3.21. The van der Waals surface area contributed by atoms with Crippen molar-refractivity contribution in [2.75, 3.05) is 27.3 Å². The van der Waals surface area contributed by atoms with Crippen LogP contribution in [-0.2, 0) is 11.3 Å². The van der Waals surface area contributed by atoms with E-state index in [9.17, 15) is 9.59 Å². The molecular formula is C20H31N4O4+. The second-order valence-corrected chi connectivity index (χ2v) is 6.95. The number of ether oxygens (including phenoxy) is 2. The molecule has 0 aliphatic carbocycles. The second kappa shape index (κ2) is 10.1. The number of carbonyl (C=O) groups is 1. The lowest BCUT2D eigenvalue weighted by Gasteiger charge is -2.19. The van der Waals surface area contributed by atoms with Crippen LogP contribution in [0.2, 0.25) is 0 Å². The number of fused-ring (bicyclic) bond motifs is 1. The minimum Gasteiger partial charge on any atom is -0.493 e. The van der Waals surface area contributed by atoms with Gasteiger partial charge in [0, 0.05) is 12.1 Å². The lowest BCUT2D eigenvalue weighted by molar-refractivity contribution is -0.904. The number of aromatic nitrogens is 2. The number of amides is 1. The van der Waals surface area contributed by atoms with Crippen molar-refractivity contribution in [1.82, 2.24) is 15.3 Å². The van der Waals surface area contributed by atoms with Gasteiger partial charge in [0.25, 0.3) is 11.5 Å². The zero-order valence-electron chi connectivity index (χ0n) is 17.3. The third kappa shape index (κ3) is 5.45. The molecule has 1 aromatic heterocycles. The molecule has 2 atom stereocenters. The summed E-state index contributed by atoms with van der Waals surface area (Å²) >= 11 is 0. The van der Waals surface area contributed by atoms with E-state index in [1.807, 2.05) is 13.8 Å². The van der Waals surface area contributed by atoms with Crippen molar-refractivity contribution in [1.29, 1.82) is 0 Å². The highest BCUT2D eigenvalue weighted by molar-refractivity contribution is 5.81. The number of benzene rings is 1. The molecule has 0 saturated heterocycles. The standard InChI is InChI=1S/C20H30N4O4/c1-6-8-13(3)21-19(25)12-24(7-2)11-18-22-15-10-17(28-5)16(27-4)9-14(15)20(26)23-18/h9-10,13H,6-8,11-12H2,1-5H3,(H,21,25)(H,22,23,26)/p+1/t13-/m1/s1. The summed E-state index contributed by atoms with van der Waals surface area (Å²) in [4.78, 5) is 33.2. The quantitative estimate of drug-likeness (QED) is 0.553. The summed E-state index contributed by atoms with van der Waals surface area (Å²) in [6, 6.07) is 3.48. The number of H-pyrrole nitrogens is 1. The maximum absolute atomic E-state index is 12.5. The van der Waals surface area contributed by atoms with E-state index in [4.69, 9.17) is 9.47 Å². The van der Waals surface area contributed by atoms with Crippen LogP contribution in [0.4, 0.5) is 0 Å². The third-order valence-corrected chi connectivity index (χ3v) is 4.72. The van der Waals surface area contributed by atoms with Crippen LogP contribution < -0.4 is 25.2 Å².